The molecular weight excluding hydrogens is 255 g/mol. The molecule has 0 spiro atoms. The molecule has 0 aliphatic heterocycles. The van der Waals surface area contributed by atoms with Crippen molar-refractivity contribution in [1.29, 1.82) is 0 Å². The number of nitrogens with zero attached hydrogens (tertiary/aromatic N) is 1. The van der Waals surface area contributed by atoms with Gasteiger partial charge in [0, 0.05) is 18.3 Å². The summed E-state index contributed by atoms with van der Waals surface area (Å²) in [6, 6.07) is 9.16. The summed E-state index contributed by atoms with van der Waals surface area (Å²) in [4.78, 5) is 3.98. The molecule has 0 radical (unpaired) electrons. The van der Waals surface area contributed by atoms with Crippen LogP contribution < -0.4 is 10.1 Å². The summed E-state index contributed by atoms with van der Waals surface area (Å²) in [6.07, 6.45) is 2.58. The third kappa shape index (κ3) is 3.54. The Morgan fingerprint density at radius 2 is 2.05 bits per heavy atom. The fraction of sp³-hybridized carbons (Fsp3) is 0.312. The number of ether oxygens (including phenoxy) is 1. The van der Waals surface area contributed by atoms with E-state index in [0.29, 0.717) is 17.9 Å². The van der Waals surface area contributed by atoms with Gasteiger partial charge in [-0.1, -0.05) is 25.1 Å². The molecule has 2 aromatic rings. The van der Waals surface area contributed by atoms with Crippen molar-refractivity contribution in [2.24, 2.45) is 0 Å². The molecule has 20 heavy (non-hydrogen) atoms. The number of pyridine rings is 1. The highest BCUT2D eigenvalue weighted by molar-refractivity contribution is 5.36. The van der Waals surface area contributed by atoms with E-state index in [1.807, 2.05) is 25.1 Å². The van der Waals surface area contributed by atoms with Crippen molar-refractivity contribution in [2.75, 3.05) is 6.54 Å². The van der Waals surface area contributed by atoms with Gasteiger partial charge in [-0.25, -0.2) is 9.37 Å². The lowest BCUT2D eigenvalue weighted by atomic mass is 10.2. The average molecular weight is 274 g/mol. The van der Waals surface area contributed by atoms with E-state index in [1.54, 1.807) is 18.3 Å². The highest BCUT2D eigenvalue weighted by Crippen LogP contribution is 2.26. The number of hydrogen-bond acceptors (Lipinski definition) is 3. The molecule has 0 saturated heterocycles. The zero-order valence-corrected chi connectivity index (χ0v) is 11.8. The van der Waals surface area contributed by atoms with E-state index in [9.17, 15) is 4.39 Å². The highest BCUT2D eigenvalue weighted by Gasteiger charge is 2.12. The minimum atomic E-state index is -0.403. The number of aromatic nitrogens is 1. The number of rotatable bonds is 6. The van der Waals surface area contributed by atoms with Crippen LogP contribution in [-0.2, 0) is 6.54 Å². The van der Waals surface area contributed by atoms with Gasteiger partial charge < -0.3 is 10.1 Å². The zero-order chi connectivity index (χ0) is 14.4. The Balaban J connectivity index is 2.16. The zero-order valence-electron chi connectivity index (χ0n) is 11.8. The van der Waals surface area contributed by atoms with E-state index in [2.05, 4.69) is 17.2 Å². The predicted molar refractivity (Wildman–Crippen MR) is 77.4 cm³/mol. The van der Waals surface area contributed by atoms with Crippen LogP contribution in [0.5, 0.6) is 11.6 Å². The van der Waals surface area contributed by atoms with Crippen LogP contribution >= 0.6 is 0 Å². The number of halogens is 1. The molecule has 1 N–H and O–H groups in total. The Morgan fingerprint density at radius 3 is 2.80 bits per heavy atom. The second kappa shape index (κ2) is 7.01. The number of aryl methyl sites for hydroxylation is 1. The van der Waals surface area contributed by atoms with Crippen molar-refractivity contribution in [3.05, 3.63) is 53.5 Å². The van der Waals surface area contributed by atoms with Gasteiger partial charge in [-0.05, 0) is 37.6 Å². The topological polar surface area (TPSA) is 34.2 Å². The van der Waals surface area contributed by atoms with E-state index in [-0.39, 0.29) is 5.88 Å². The summed E-state index contributed by atoms with van der Waals surface area (Å²) in [5, 5.41) is 3.17. The molecule has 106 valence electrons. The maximum Gasteiger partial charge on any atom is 0.256 e. The maximum absolute atomic E-state index is 14.3. The summed E-state index contributed by atoms with van der Waals surface area (Å²) in [5.74, 6) is 0.243. The fourth-order valence-electron chi connectivity index (χ4n) is 1.84. The van der Waals surface area contributed by atoms with Gasteiger partial charge in [-0.15, -0.1) is 0 Å². The lowest BCUT2D eigenvalue weighted by molar-refractivity contribution is 0.415. The molecule has 0 atom stereocenters. The molecule has 1 heterocycles. The van der Waals surface area contributed by atoms with Crippen molar-refractivity contribution >= 4 is 0 Å². The van der Waals surface area contributed by atoms with Crippen molar-refractivity contribution in [3.63, 3.8) is 0 Å². The van der Waals surface area contributed by atoms with E-state index in [1.165, 1.54) is 0 Å². The first-order chi connectivity index (χ1) is 9.72. The summed E-state index contributed by atoms with van der Waals surface area (Å²) in [7, 11) is 0. The molecular formula is C16H19FN2O. The lowest BCUT2D eigenvalue weighted by Crippen LogP contribution is -2.15. The number of nitrogens with one attached hydrogen (secondary N) is 1. The number of para-hydroxylation sites is 1. The molecule has 3 nitrogen and oxygen atoms in total. The lowest BCUT2D eigenvalue weighted by Gasteiger charge is -2.10. The normalized spacial score (nSPS) is 10.6. The molecule has 0 bridgehead atoms. The van der Waals surface area contributed by atoms with Crippen LogP contribution in [0.3, 0.4) is 0 Å². The molecule has 0 aliphatic carbocycles. The molecule has 0 fully saturated rings. The first-order valence-corrected chi connectivity index (χ1v) is 6.80. The first kappa shape index (κ1) is 14.5. The first-order valence-electron chi connectivity index (χ1n) is 6.80. The second-order valence-corrected chi connectivity index (χ2v) is 4.63. The third-order valence-corrected chi connectivity index (χ3v) is 2.98. The Labute approximate surface area is 118 Å². The highest BCUT2D eigenvalue weighted by atomic mass is 19.1. The predicted octanol–water partition coefficient (Wildman–Crippen LogP) is 3.82. The van der Waals surface area contributed by atoms with Gasteiger partial charge >= 0.3 is 0 Å². The van der Waals surface area contributed by atoms with Gasteiger partial charge in [0.05, 0.1) is 0 Å². The van der Waals surface area contributed by atoms with E-state index in [4.69, 9.17) is 4.74 Å². The Morgan fingerprint density at radius 1 is 1.25 bits per heavy atom. The standard InChI is InChI=1S/C16H19FN2O/c1-3-9-18-11-13-8-10-19-16(15(13)17)20-14-7-5-4-6-12(14)2/h4-8,10,18H,3,9,11H2,1-2H3. The number of benzene rings is 1. The van der Waals surface area contributed by atoms with Gasteiger partial charge in [0.15, 0.2) is 5.82 Å². The Bertz CT molecular complexity index is 572. The Kier molecular flexibility index (Phi) is 5.07. The van der Waals surface area contributed by atoms with Gasteiger partial charge in [0.1, 0.15) is 5.75 Å². The van der Waals surface area contributed by atoms with E-state index in [0.717, 1.165) is 18.5 Å². The summed E-state index contributed by atoms with van der Waals surface area (Å²) in [6.45, 7) is 5.32. The van der Waals surface area contributed by atoms with Crippen LogP contribution in [0.4, 0.5) is 4.39 Å². The molecule has 4 heteroatoms. The van der Waals surface area contributed by atoms with Crippen LogP contribution in [0.1, 0.15) is 24.5 Å². The van der Waals surface area contributed by atoms with Gasteiger partial charge in [0.2, 0.25) is 0 Å². The van der Waals surface area contributed by atoms with Crippen molar-refractivity contribution in [3.8, 4) is 11.6 Å². The fourth-order valence-corrected chi connectivity index (χ4v) is 1.84. The third-order valence-electron chi connectivity index (χ3n) is 2.98. The minimum Gasteiger partial charge on any atom is -0.436 e. The van der Waals surface area contributed by atoms with Gasteiger partial charge in [-0.2, -0.15) is 0 Å². The quantitative estimate of drug-likeness (QED) is 0.813. The smallest absolute Gasteiger partial charge is 0.256 e. The van der Waals surface area contributed by atoms with Crippen molar-refractivity contribution in [2.45, 2.75) is 26.8 Å². The monoisotopic (exact) mass is 274 g/mol. The van der Waals surface area contributed by atoms with Crippen molar-refractivity contribution < 1.29 is 9.13 Å². The van der Waals surface area contributed by atoms with Crippen LogP contribution in [0, 0.1) is 12.7 Å². The molecule has 0 saturated carbocycles. The van der Waals surface area contributed by atoms with Crippen LogP contribution in [0.2, 0.25) is 0 Å². The minimum absolute atomic E-state index is 0.0232. The van der Waals surface area contributed by atoms with E-state index >= 15 is 0 Å². The summed E-state index contributed by atoms with van der Waals surface area (Å²) >= 11 is 0. The van der Waals surface area contributed by atoms with Gasteiger partial charge in [-0.3, -0.25) is 0 Å². The van der Waals surface area contributed by atoms with Crippen LogP contribution in [0.15, 0.2) is 36.5 Å². The Hall–Kier alpha value is -1.94. The van der Waals surface area contributed by atoms with Gasteiger partial charge in [0.25, 0.3) is 5.88 Å². The number of hydrogen-bond donors (Lipinski definition) is 1. The molecule has 2 rings (SSSR count). The summed E-state index contributed by atoms with van der Waals surface area (Å²) in [5.41, 5.74) is 1.51. The van der Waals surface area contributed by atoms with Crippen molar-refractivity contribution in [1.82, 2.24) is 10.3 Å². The van der Waals surface area contributed by atoms with Crippen LogP contribution in [-0.4, -0.2) is 11.5 Å². The SMILES string of the molecule is CCCNCc1ccnc(Oc2ccccc2C)c1F. The second-order valence-electron chi connectivity index (χ2n) is 4.63. The maximum atomic E-state index is 14.3. The average Bonchev–Trinajstić information content (AvgIpc) is 2.45. The van der Waals surface area contributed by atoms with E-state index < -0.39 is 5.82 Å². The molecule has 1 aromatic carbocycles. The largest absolute Gasteiger partial charge is 0.436 e. The molecule has 0 aliphatic rings. The molecule has 0 amide bonds. The molecule has 0 unspecified atom stereocenters. The molecule has 1 aromatic heterocycles. The van der Waals surface area contributed by atoms with Crippen LogP contribution in [0.25, 0.3) is 0 Å². The summed E-state index contributed by atoms with van der Waals surface area (Å²) < 4.78 is 19.9.